The van der Waals surface area contributed by atoms with E-state index in [4.69, 9.17) is 4.74 Å². The van der Waals surface area contributed by atoms with Crippen molar-refractivity contribution in [1.29, 1.82) is 0 Å². The third kappa shape index (κ3) is 4.09. The molecule has 0 aliphatic carbocycles. The largest absolute Gasteiger partial charge is 0.448 e. The lowest BCUT2D eigenvalue weighted by molar-refractivity contribution is -0.139. The first kappa shape index (κ1) is 17.1. The predicted molar refractivity (Wildman–Crippen MR) is 105 cm³/mol. The van der Waals surface area contributed by atoms with E-state index in [9.17, 15) is 4.79 Å². The molecule has 0 saturated carbocycles. The highest BCUT2D eigenvalue weighted by Crippen LogP contribution is 2.35. The highest BCUT2D eigenvalue weighted by molar-refractivity contribution is 5.86. The lowest BCUT2D eigenvalue weighted by Crippen LogP contribution is -2.25. The van der Waals surface area contributed by atoms with E-state index in [1.165, 1.54) is 11.1 Å². The summed E-state index contributed by atoms with van der Waals surface area (Å²) >= 11 is 0. The minimum absolute atomic E-state index is 0.287. The van der Waals surface area contributed by atoms with Crippen LogP contribution >= 0.6 is 0 Å². The number of benzene rings is 3. The smallest absolute Gasteiger partial charge is 0.333 e. The standard InChI is InChI=1S/C24H21NO2/c26-23-16-22(24(27-23)21-14-8-3-9-15-21)25(17-19-10-4-1-5-11-19)18-20-12-6-2-7-13-20/h1-16,24H,17-18H2. The van der Waals surface area contributed by atoms with Crippen molar-refractivity contribution < 1.29 is 9.53 Å². The quantitative estimate of drug-likeness (QED) is 0.591. The highest BCUT2D eigenvalue weighted by Gasteiger charge is 2.31. The van der Waals surface area contributed by atoms with Crippen LogP contribution in [-0.4, -0.2) is 10.9 Å². The fraction of sp³-hybridized carbons (Fsp3) is 0.125. The van der Waals surface area contributed by atoms with E-state index in [1.54, 1.807) is 6.08 Å². The van der Waals surface area contributed by atoms with Crippen molar-refractivity contribution in [1.82, 2.24) is 4.90 Å². The zero-order chi connectivity index (χ0) is 18.5. The molecule has 4 rings (SSSR count). The summed E-state index contributed by atoms with van der Waals surface area (Å²) in [6.45, 7) is 1.42. The molecule has 0 spiro atoms. The summed E-state index contributed by atoms with van der Waals surface area (Å²) in [6.07, 6.45) is 1.26. The molecule has 3 aromatic carbocycles. The van der Waals surface area contributed by atoms with Crippen LogP contribution in [-0.2, 0) is 22.6 Å². The molecule has 1 aliphatic heterocycles. The van der Waals surface area contributed by atoms with E-state index in [0.29, 0.717) is 13.1 Å². The van der Waals surface area contributed by atoms with Crippen LogP contribution in [0, 0.1) is 0 Å². The molecule has 1 unspecified atom stereocenters. The molecule has 134 valence electrons. The number of esters is 1. The second-order valence-electron chi connectivity index (χ2n) is 6.62. The van der Waals surface area contributed by atoms with Crippen LogP contribution in [0.25, 0.3) is 0 Å². The number of carbonyl (C=O) groups excluding carboxylic acids is 1. The Balaban J connectivity index is 1.67. The molecule has 27 heavy (non-hydrogen) atoms. The van der Waals surface area contributed by atoms with E-state index in [2.05, 4.69) is 29.2 Å². The Labute approximate surface area is 159 Å². The minimum Gasteiger partial charge on any atom is -0.448 e. The second-order valence-corrected chi connectivity index (χ2v) is 6.62. The Bertz CT molecular complexity index is 879. The van der Waals surface area contributed by atoms with Crippen LogP contribution in [0.1, 0.15) is 22.8 Å². The van der Waals surface area contributed by atoms with Crippen molar-refractivity contribution in [2.45, 2.75) is 19.2 Å². The van der Waals surface area contributed by atoms with Crippen molar-refractivity contribution in [3.63, 3.8) is 0 Å². The molecule has 0 amide bonds. The first-order valence-corrected chi connectivity index (χ1v) is 9.09. The molecule has 1 heterocycles. The first-order chi connectivity index (χ1) is 13.3. The second kappa shape index (κ2) is 7.92. The molecule has 0 aromatic heterocycles. The number of hydrogen-bond donors (Lipinski definition) is 0. The van der Waals surface area contributed by atoms with Gasteiger partial charge in [-0.2, -0.15) is 0 Å². The molecule has 0 saturated heterocycles. The van der Waals surface area contributed by atoms with Gasteiger partial charge >= 0.3 is 5.97 Å². The Morgan fingerprint density at radius 2 is 1.19 bits per heavy atom. The molecule has 1 atom stereocenters. The SMILES string of the molecule is O=C1C=C(N(Cc2ccccc2)Cc2ccccc2)C(c2ccccc2)O1. The van der Waals surface area contributed by atoms with Crippen molar-refractivity contribution in [2.75, 3.05) is 0 Å². The topological polar surface area (TPSA) is 29.5 Å². The molecule has 0 N–H and O–H groups in total. The van der Waals surface area contributed by atoms with Crippen molar-refractivity contribution >= 4 is 5.97 Å². The molecule has 3 aromatic rings. The maximum Gasteiger partial charge on any atom is 0.333 e. The molecule has 3 heteroatoms. The van der Waals surface area contributed by atoms with Crippen molar-refractivity contribution in [3.05, 3.63) is 119 Å². The van der Waals surface area contributed by atoms with Gasteiger partial charge in [0, 0.05) is 19.2 Å². The van der Waals surface area contributed by atoms with Gasteiger partial charge in [0.05, 0.1) is 5.70 Å². The van der Waals surface area contributed by atoms with Crippen LogP contribution in [0.2, 0.25) is 0 Å². The minimum atomic E-state index is -0.369. The molecule has 0 fully saturated rings. The number of rotatable bonds is 6. The summed E-state index contributed by atoms with van der Waals surface area (Å²) in [5.41, 5.74) is 4.28. The van der Waals surface area contributed by atoms with Crippen LogP contribution < -0.4 is 0 Å². The van der Waals surface area contributed by atoms with Gasteiger partial charge in [0.25, 0.3) is 0 Å². The van der Waals surface area contributed by atoms with Gasteiger partial charge in [-0.3, -0.25) is 0 Å². The number of nitrogens with zero attached hydrogens (tertiary/aromatic N) is 1. The zero-order valence-electron chi connectivity index (χ0n) is 15.0. The Morgan fingerprint density at radius 1 is 0.704 bits per heavy atom. The van der Waals surface area contributed by atoms with Gasteiger partial charge in [-0.05, 0) is 16.7 Å². The van der Waals surface area contributed by atoms with Gasteiger partial charge in [0.15, 0.2) is 6.10 Å². The van der Waals surface area contributed by atoms with Crippen molar-refractivity contribution in [3.8, 4) is 0 Å². The van der Waals surface area contributed by atoms with E-state index in [0.717, 1.165) is 11.3 Å². The monoisotopic (exact) mass is 355 g/mol. The van der Waals surface area contributed by atoms with Crippen molar-refractivity contribution in [2.24, 2.45) is 0 Å². The molecule has 0 bridgehead atoms. The molecule has 1 aliphatic rings. The number of cyclic esters (lactones) is 1. The summed E-state index contributed by atoms with van der Waals surface area (Å²) in [7, 11) is 0. The van der Waals surface area contributed by atoms with Gasteiger partial charge in [-0.25, -0.2) is 4.79 Å². The predicted octanol–water partition coefficient (Wildman–Crippen LogP) is 4.87. The van der Waals surface area contributed by atoms with E-state index >= 15 is 0 Å². The van der Waals surface area contributed by atoms with Gasteiger partial charge < -0.3 is 9.64 Å². The fourth-order valence-corrected chi connectivity index (χ4v) is 3.38. The molecule has 0 radical (unpaired) electrons. The third-order valence-electron chi connectivity index (χ3n) is 4.67. The highest BCUT2D eigenvalue weighted by atomic mass is 16.5. The molecular weight excluding hydrogens is 334 g/mol. The molecule has 3 nitrogen and oxygen atoms in total. The Hall–Kier alpha value is -3.33. The summed E-state index contributed by atoms with van der Waals surface area (Å²) < 4.78 is 5.64. The lowest BCUT2D eigenvalue weighted by Gasteiger charge is -2.29. The normalized spacial score (nSPS) is 15.9. The average Bonchev–Trinajstić information content (AvgIpc) is 3.11. The zero-order valence-corrected chi connectivity index (χ0v) is 15.0. The maximum atomic E-state index is 12.1. The third-order valence-corrected chi connectivity index (χ3v) is 4.67. The summed E-state index contributed by atoms with van der Waals surface area (Å²) in [6, 6.07) is 30.5. The number of ether oxygens (including phenoxy) is 1. The average molecular weight is 355 g/mol. The summed E-state index contributed by atoms with van der Waals surface area (Å²) in [5, 5.41) is 0. The number of hydrogen-bond acceptors (Lipinski definition) is 3. The van der Waals surface area contributed by atoms with Gasteiger partial charge in [0.1, 0.15) is 0 Å². The lowest BCUT2D eigenvalue weighted by atomic mass is 10.0. The summed E-state index contributed by atoms with van der Waals surface area (Å²) in [4.78, 5) is 14.4. The van der Waals surface area contributed by atoms with E-state index in [-0.39, 0.29) is 12.1 Å². The number of carbonyl (C=O) groups is 1. The fourth-order valence-electron chi connectivity index (χ4n) is 3.38. The maximum absolute atomic E-state index is 12.1. The molecular formula is C24H21NO2. The van der Waals surface area contributed by atoms with Crippen LogP contribution in [0.5, 0.6) is 0 Å². The van der Waals surface area contributed by atoms with E-state index in [1.807, 2.05) is 66.7 Å². The Kier molecular flexibility index (Phi) is 5.01. The van der Waals surface area contributed by atoms with Crippen LogP contribution in [0.4, 0.5) is 0 Å². The first-order valence-electron chi connectivity index (χ1n) is 9.09. The van der Waals surface area contributed by atoms with Gasteiger partial charge in [-0.1, -0.05) is 91.0 Å². The van der Waals surface area contributed by atoms with E-state index < -0.39 is 0 Å². The van der Waals surface area contributed by atoms with Crippen LogP contribution in [0.15, 0.2) is 103 Å². The summed E-state index contributed by atoms with van der Waals surface area (Å²) in [5.74, 6) is -0.287. The van der Waals surface area contributed by atoms with Crippen LogP contribution in [0.3, 0.4) is 0 Å². The van der Waals surface area contributed by atoms with Gasteiger partial charge in [0.2, 0.25) is 0 Å². The van der Waals surface area contributed by atoms with Gasteiger partial charge in [-0.15, -0.1) is 0 Å². The Morgan fingerprint density at radius 3 is 1.70 bits per heavy atom.